The van der Waals surface area contributed by atoms with Crippen LogP contribution >= 0.6 is 0 Å². The SMILES string of the molecule is C/C(=N\O)C(=O)NN1COCN(NC(=O)/C(C)=N/O)C1. The van der Waals surface area contributed by atoms with E-state index >= 15 is 0 Å². The molecule has 0 unspecified atom stereocenters. The fourth-order valence-corrected chi connectivity index (χ4v) is 1.22. The number of hydrogen-bond donors (Lipinski definition) is 4. The lowest BCUT2D eigenvalue weighted by molar-refractivity contribution is -0.162. The number of hydrogen-bond acceptors (Lipinski definition) is 9. The van der Waals surface area contributed by atoms with E-state index in [4.69, 9.17) is 15.2 Å². The Balaban J connectivity index is 2.51. The molecule has 0 bridgehead atoms. The van der Waals surface area contributed by atoms with Crippen LogP contribution in [0, 0.1) is 0 Å². The van der Waals surface area contributed by atoms with Gasteiger partial charge in [0.15, 0.2) is 0 Å². The van der Waals surface area contributed by atoms with E-state index in [9.17, 15) is 9.59 Å². The number of hydrazine groups is 2. The molecule has 11 heteroatoms. The lowest BCUT2D eigenvalue weighted by Crippen LogP contribution is -2.59. The zero-order chi connectivity index (χ0) is 15.1. The molecule has 0 spiro atoms. The summed E-state index contributed by atoms with van der Waals surface area (Å²) >= 11 is 0. The third-order valence-corrected chi connectivity index (χ3v) is 2.31. The zero-order valence-corrected chi connectivity index (χ0v) is 11.0. The van der Waals surface area contributed by atoms with Gasteiger partial charge in [0.1, 0.15) is 24.9 Å². The predicted octanol–water partition coefficient (Wildman–Crippen LogP) is -1.74. The van der Waals surface area contributed by atoms with Crippen LogP contribution < -0.4 is 10.9 Å². The summed E-state index contributed by atoms with van der Waals surface area (Å²) in [6.45, 7) is 3.00. The van der Waals surface area contributed by atoms with Crippen molar-refractivity contribution >= 4 is 23.2 Å². The van der Waals surface area contributed by atoms with Gasteiger partial charge in [-0.1, -0.05) is 10.3 Å². The molecule has 20 heavy (non-hydrogen) atoms. The van der Waals surface area contributed by atoms with E-state index in [2.05, 4.69) is 21.2 Å². The first-order chi connectivity index (χ1) is 9.47. The van der Waals surface area contributed by atoms with Crippen molar-refractivity contribution in [2.24, 2.45) is 10.3 Å². The van der Waals surface area contributed by atoms with Crippen molar-refractivity contribution in [2.75, 3.05) is 20.1 Å². The predicted molar refractivity (Wildman–Crippen MR) is 65.4 cm³/mol. The van der Waals surface area contributed by atoms with Crippen molar-refractivity contribution in [3.05, 3.63) is 0 Å². The number of carbonyl (C=O) groups excluding carboxylic acids is 2. The summed E-state index contributed by atoms with van der Waals surface area (Å²) in [6.07, 6.45) is 0. The second-order valence-electron chi connectivity index (χ2n) is 3.94. The van der Waals surface area contributed by atoms with Crippen LogP contribution in [0.3, 0.4) is 0 Å². The van der Waals surface area contributed by atoms with E-state index in [0.717, 1.165) is 0 Å². The van der Waals surface area contributed by atoms with Gasteiger partial charge in [-0.25, -0.2) is 0 Å². The van der Waals surface area contributed by atoms with E-state index in [-0.39, 0.29) is 31.6 Å². The third-order valence-electron chi connectivity index (χ3n) is 2.31. The smallest absolute Gasteiger partial charge is 0.283 e. The van der Waals surface area contributed by atoms with Crippen molar-refractivity contribution in [1.29, 1.82) is 0 Å². The monoisotopic (exact) mass is 288 g/mol. The fraction of sp³-hybridized carbons (Fsp3) is 0.556. The number of rotatable bonds is 4. The van der Waals surface area contributed by atoms with Gasteiger partial charge >= 0.3 is 0 Å². The molecule has 2 amide bonds. The molecule has 1 rings (SSSR count). The van der Waals surface area contributed by atoms with Crippen LogP contribution in [0.25, 0.3) is 0 Å². The van der Waals surface area contributed by atoms with Crippen LogP contribution in [0.15, 0.2) is 10.3 Å². The van der Waals surface area contributed by atoms with Gasteiger partial charge in [-0.3, -0.25) is 20.4 Å². The number of oxime groups is 2. The minimum Gasteiger partial charge on any atom is -0.410 e. The Kier molecular flexibility index (Phi) is 5.83. The molecule has 0 aliphatic carbocycles. The van der Waals surface area contributed by atoms with Gasteiger partial charge in [-0.05, 0) is 13.8 Å². The molecule has 0 aromatic rings. The van der Waals surface area contributed by atoms with Crippen molar-refractivity contribution in [2.45, 2.75) is 13.8 Å². The Morgan fingerprint density at radius 1 is 1.00 bits per heavy atom. The molecule has 1 saturated heterocycles. The first-order valence-corrected chi connectivity index (χ1v) is 5.54. The van der Waals surface area contributed by atoms with Crippen molar-refractivity contribution < 1.29 is 24.7 Å². The second kappa shape index (κ2) is 7.37. The maximum Gasteiger partial charge on any atom is 0.283 e. The summed E-state index contributed by atoms with van der Waals surface area (Å²) in [6, 6.07) is 0. The molecule has 0 aromatic heterocycles. The summed E-state index contributed by atoms with van der Waals surface area (Å²) in [5.74, 6) is -1.20. The van der Waals surface area contributed by atoms with E-state index in [0.29, 0.717) is 0 Å². The summed E-state index contributed by atoms with van der Waals surface area (Å²) in [4.78, 5) is 22.9. The number of ether oxygens (including phenoxy) is 1. The van der Waals surface area contributed by atoms with E-state index in [1.54, 1.807) is 0 Å². The van der Waals surface area contributed by atoms with Crippen LogP contribution in [0.1, 0.15) is 13.8 Å². The highest BCUT2D eigenvalue weighted by Crippen LogP contribution is 1.98. The molecule has 0 saturated carbocycles. The molecule has 1 aliphatic rings. The molecule has 112 valence electrons. The number of nitrogens with zero attached hydrogens (tertiary/aromatic N) is 4. The Bertz CT molecular complexity index is 399. The average molecular weight is 288 g/mol. The van der Waals surface area contributed by atoms with E-state index < -0.39 is 11.8 Å². The molecule has 1 heterocycles. The summed E-state index contributed by atoms with van der Waals surface area (Å²) < 4.78 is 5.14. The Morgan fingerprint density at radius 3 is 1.75 bits per heavy atom. The van der Waals surface area contributed by atoms with Crippen LogP contribution in [0.5, 0.6) is 0 Å². The molecule has 11 nitrogen and oxygen atoms in total. The van der Waals surface area contributed by atoms with Crippen LogP contribution in [0.2, 0.25) is 0 Å². The summed E-state index contributed by atoms with van der Waals surface area (Å²) in [7, 11) is 0. The van der Waals surface area contributed by atoms with E-state index in [1.165, 1.54) is 23.9 Å². The van der Waals surface area contributed by atoms with Gasteiger partial charge in [0.05, 0.1) is 6.67 Å². The van der Waals surface area contributed by atoms with Gasteiger partial charge in [-0.2, -0.15) is 10.0 Å². The highest BCUT2D eigenvalue weighted by Gasteiger charge is 2.22. The van der Waals surface area contributed by atoms with Gasteiger partial charge in [0, 0.05) is 0 Å². The van der Waals surface area contributed by atoms with Gasteiger partial charge in [0.2, 0.25) is 0 Å². The Labute approximate surface area is 114 Å². The zero-order valence-electron chi connectivity index (χ0n) is 11.0. The van der Waals surface area contributed by atoms with E-state index in [1.807, 2.05) is 0 Å². The summed E-state index contributed by atoms with van der Waals surface area (Å²) in [5.41, 5.74) is 4.61. The number of amides is 2. The Morgan fingerprint density at radius 2 is 1.40 bits per heavy atom. The van der Waals surface area contributed by atoms with Crippen molar-refractivity contribution in [3.8, 4) is 0 Å². The average Bonchev–Trinajstić information content (AvgIpc) is 2.45. The van der Waals surface area contributed by atoms with Crippen LogP contribution in [-0.4, -0.2) is 63.8 Å². The number of carbonyl (C=O) groups is 2. The standard InChI is InChI=1S/C9H16N6O5/c1-6(12-18)8(16)10-14-3-15(5-20-4-14)11-9(17)7(2)13-19/h18-19H,3-5H2,1-2H3,(H,10,16)(H,11,17)/b12-6+,13-7+. The van der Waals surface area contributed by atoms with Gasteiger partial charge in [-0.15, -0.1) is 0 Å². The van der Waals surface area contributed by atoms with Crippen molar-refractivity contribution in [1.82, 2.24) is 20.9 Å². The summed E-state index contributed by atoms with van der Waals surface area (Å²) in [5, 5.41) is 25.2. The third kappa shape index (κ3) is 4.46. The maximum atomic E-state index is 11.5. The van der Waals surface area contributed by atoms with Gasteiger partial charge < -0.3 is 15.2 Å². The first kappa shape index (κ1) is 15.8. The van der Waals surface area contributed by atoms with Gasteiger partial charge in [0.25, 0.3) is 11.8 Å². The quantitative estimate of drug-likeness (QED) is 0.273. The van der Waals surface area contributed by atoms with Crippen molar-refractivity contribution in [3.63, 3.8) is 0 Å². The lowest BCUT2D eigenvalue weighted by atomic mass is 10.4. The highest BCUT2D eigenvalue weighted by atomic mass is 16.5. The molecule has 1 fully saturated rings. The largest absolute Gasteiger partial charge is 0.410 e. The molecule has 4 N–H and O–H groups in total. The lowest BCUT2D eigenvalue weighted by Gasteiger charge is -2.34. The molecular formula is C9H16N6O5. The fourth-order valence-electron chi connectivity index (χ4n) is 1.22. The normalized spacial score (nSPS) is 18.7. The molecule has 1 aliphatic heterocycles. The minimum atomic E-state index is -0.600. The van der Waals surface area contributed by atoms with Crippen LogP contribution in [-0.2, 0) is 14.3 Å². The molecule has 0 atom stereocenters. The molecular weight excluding hydrogens is 272 g/mol. The topological polar surface area (TPSA) is 139 Å². The number of nitrogens with one attached hydrogen (secondary N) is 2. The highest BCUT2D eigenvalue weighted by molar-refractivity contribution is 6.38. The maximum absolute atomic E-state index is 11.5. The molecule has 0 aromatic carbocycles. The second-order valence-corrected chi connectivity index (χ2v) is 3.94. The first-order valence-electron chi connectivity index (χ1n) is 5.54. The minimum absolute atomic E-state index is 0.101. The Hall–Kier alpha value is -2.24. The molecule has 0 radical (unpaired) electrons. The van der Waals surface area contributed by atoms with Crippen LogP contribution in [0.4, 0.5) is 0 Å².